The highest BCUT2D eigenvalue weighted by Crippen LogP contribution is 2.27. The number of aliphatic hydroxyl groups excluding tert-OH is 7. The molecule has 0 unspecified atom stereocenters. The molecule has 2 heterocycles. The van der Waals surface area contributed by atoms with Gasteiger partial charge in [0.15, 0.2) is 6.29 Å². The summed E-state index contributed by atoms with van der Waals surface area (Å²) in [6, 6.07) is 0. The first kappa shape index (κ1) is 18.9. The molecule has 23 heavy (non-hydrogen) atoms. The molecule has 0 aliphatic carbocycles. The molecule has 0 aromatic rings. The summed E-state index contributed by atoms with van der Waals surface area (Å²) in [6.45, 7) is -1.40. The van der Waals surface area contributed by atoms with E-state index in [1.165, 1.54) is 0 Å². The van der Waals surface area contributed by atoms with Gasteiger partial charge in [-0.25, -0.2) is 0 Å². The third-order valence-corrected chi connectivity index (χ3v) is 3.96. The predicted molar refractivity (Wildman–Crippen MR) is 66.4 cm³/mol. The van der Waals surface area contributed by atoms with E-state index in [1.54, 1.807) is 0 Å². The zero-order valence-corrected chi connectivity index (χ0v) is 12.0. The second-order valence-electron chi connectivity index (χ2n) is 5.50. The van der Waals surface area contributed by atoms with Crippen molar-refractivity contribution in [2.45, 2.75) is 61.4 Å². The maximum absolute atomic E-state index is 11.4. The SMILES string of the molecule is [O-][C@@H]1O[C@H](CO)[C@H](O[C@H]2O[C@H](CO)[C@H](O)[C@H](O)[C@H]2O)[C@H](O)[C@H]1O. The Balaban J connectivity index is 2.11. The second-order valence-corrected chi connectivity index (χ2v) is 5.50. The van der Waals surface area contributed by atoms with Crippen LogP contribution < -0.4 is 5.11 Å². The van der Waals surface area contributed by atoms with Crippen LogP contribution in [0.3, 0.4) is 0 Å². The summed E-state index contributed by atoms with van der Waals surface area (Å²) in [5, 5.41) is 78.3. The summed E-state index contributed by atoms with van der Waals surface area (Å²) in [5.41, 5.74) is 0. The molecule has 0 bridgehead atoms. The highest BCUT2D eigenvalue weighted by atomic mass is 16.7. The Morgan fingerprint density at radius 1 is 0.739 bits per heavy atom. The number of hydrogen-bond donors (Lipinski definition) is 7. The van der Waals surface area contributed by atoms with Crippen LogP contribution in [0, 0.1) is 0 Å². The van der Waals surface area contributed by atoms with Gasteiger partial charge in [0.1, 0.15) is 42.7 Å². The molecular weight excluding hydrogens is 320 g/mol. The average Bonchev–Trinajstić information content (AvgIpc) is 2.55. The lowest BCUT2D eigenvalue weighted by Gasteiger charge is -2.47. The summed E-state index contributed by atoms with van der Waals surface area (Å²) in [4.78, 5) is 0. The average molecular weight is 341 g/mol. The largest absolute Gasteiger partial charge is 0.829 e. The zero-order chi connectivity index (χ0) is 17.3. The Hall–Kier alpha value is -0.440. The lowest BCUT2D eigenvalue weighted by Crippen LogP contribution is -2.66. The van der Waals surface area contributed by atoms with E-state index in [2.05, 4.69) is 0 Å². The molecule has 11 heteroatoms. The Morgan fingerprint density at radius 2 is 1.35 bits per heavy atom. The number of aliphatic hydroxyl groups is 7. The van der Waals surface area contributed by atoms with Gasteiger partial charge < -0.3 is 55.1 Å². The maximum Gasteiger partial charge on any atom is 0.187 e. The van der Waals surface area contributed by atoms with E-state index in [4.69, 9.17) is 19.3 Å². The molecule has 0 radical (unpaired) electrons. The van der Waals surface area contributed by atoms with Crippen molar-refractivity contribution in [2.24, 2.45) is 0 Å². The van der Waals surface area contributed by atoms with Crippen molar-refractivity contribution in [1.82, 2.24) is 0 Å². The van der Waals surface area contributed by atoms with Crippen molar-refractivity contribution in [3.63, 3.8) is 0 Å². The molecule has 136 valence electrons. The minimum Gasteiger partial charge on any atom is -0.829 e. The normalized spacial score (nSPS) is 51.7. The molecule has 10 atom stereocenters. The van der Waals surface area contributed by atoms with Gasteiger partial charge in [-0.15, -0.1) is 0 Å². The number of ether oxygens (including phenoxy) is 3. The fourth-order valence-corrected chi connectivity index (χ4v) is 2.56. The van der Waals surface area contributed by atoms with Crippen LogP contribution in [0.1, 0.15) is 0 Å². The molecule has 7 N–H and O–H groups in total. The van der Waals surface area contributed by atoms with E-state index < -0.39 is 74.6 Å². The van der Waals surface area contributed by atoms with Crippen LogP contribution in [-0.4, -0.2) is 110 Å². The van der Waals surface area contributed by atoms with Crippen LogP contribution in [0.2, 0.25) is 0 Å². The molecule has 0 saturated carbocycles. The Kier molecular flexibility index (Phi) is 6.27. The molecule has 0 amide bonds. The highest BCUT2D eigenvalue weighted by Gasteiger charge is 2.48. The molecular formula is C12H21O11-. The first-order chi connectivity index (χ1) is 10.8. The van der Waals surface area contributed by atoms with Gasteiger partial charge in [-0.2, -0.15) is 0 Å². The van der Waals surface area contributed by atoms with Crippen molar-refractivity contribution in [3.05, 3.63) is 0 Å². The van der Waals surface area contributed by atoms with Crippen molar-refractivity contribution >= 4 is 0 Å². The van der Waals surface area contributed by atoms with Gasteiger partial charge in [-0.1, -0.05) is 0 Å². The number of hydrogen-bond acceptors (Lipinski definition) is 11. The summed E-state index contributed by atoms with van der Waals surface area (Å²) < 4.78 is 15.1. The van der Waals surface area contributed by atoms with Crippen LogP contribution >= 0.6 is 0 Å². The van der Waals surface area contributed by atoms with Gasteiger partial charge in [0.25, 0.3) is 0 Å². The molecule has 2 aliphatic heterocycles. The Labute approximate surface area is 130 Å². The molecule has 2 rings (SSSR count). The van der Waals surface area contributed by atoms with E-state index in [0.29, 0.717) is 0 Å². The van der Waals surface area contributed by atoms with Gasteiger partial charge in [0, 0.05) is 6.29 Å². The molecule has 0 aromatic heterocycles. The van der Waals surface area contributed by atoms with Crippen molar-refractivity contribution in [2.75, 3.05) is 13.2 Å². The smallest absolute Gasteiger partial charge is 0.187 e. The Morgan fingerprint density at radius 3 is 1.91 bits per heavy atom. The van der Waals surface area contributed by atoms with Gasteiger partial charge in [-0.3, -0.25) is 0 Å². The third kappa shape index (κ3) is 3.65. The van der Waals surface area contributed by atoms with Gasteiger partial charge in [-0.05, 0) is 0 Å². The van der Waals surface area contributed by atoms with E-state index in [-0.39, 0.29) is 0 Å². The molecule has 2 saturated heterocycles. The standard InChI is InChI=1S/C12H21O11/c13-1-3-5(15)6(16)9(19)12(22-3)23-10-4(2-14)21-11(20)8(18)7(10)17/h3-19H,1-2H2/q-1/t3-,4-,5+,6+,7-,8-,9-,10+,11-,12-/m1/s1. The van der Waals surface area contributed by atoms with Gasteiger partial charge >= 0.3 is 0 Å². The summed E-state index contributed by atoms with van der Waals surface area (Å²) in [6.07, 6.45) is -16.2. The van der Waals surface area contributed by atoms with Crippen molar-refractivity contribution in [1.29, 1.82) is 0 Å². The summed E-state index contributed by atoms with van der Waals surface area (Å²) in [5.74, 6) is 0. The van der Waals surface area contributed by atoms with Crippen molar-refractivity contribution < 1.29 is 55.1 Å². The van der Waals surface area contributed by atoms with Crippen LogP contribution in [0.25, 0.3) is 0 Å². The Bertz CT molecular complexity index is 378. The minimum absolute atomic E-state index is 0.677. The van der Waals surface area contributed by atoms with Gasteiger partial charge in [0.05, 0.1) is 19.3 Å². The van der Waals surface area contributed by atoms with Crippen LogP contribution in [0.4, 0.5) is 0 Å². The highest BCUT2D eigenvalue weighted by molar-refractivity contribution is 4.93. The van der Waals surface area contributed by atoms with Gasteiger partial charge in [0.2, 0.25) is 0 Å². The quantitative estimate of drug-likeness (QED) is 0.257. The van der Waals surface area contributed by atoms with E-state index >= 15 is 0 Å². The first-order valence-electron chi connectivity index (χ1n) is 7.06. The maximum atomic E-state index is 11.4. The van der Waals surface area contributed by atoms with E-state index in [1.807, 2.05) is 0 Å². The van der Waals surface area contributed by atoms with E-state index in [9.17, 15) is 35.7 Å². The monoisotopic (exact) mass is 341 g/mol. The molecule has 11 nitrogen and oxygen atoms in total. The summed E-state index contributed by atoms with van der Waals surface area (Å²) >= 11 is 0. The lowest BCUT2D eigenvalue weighted by atomic mass is 9.97. The fraction of sp³-hybridized carbons (Fsp3) is 1.00. The van der Waals surface area contributed by atoms with Crippen LogP contribution in [-0.2, 0) is 14.2 Å². The van der Waals surface area contributed by atoms with Crippen molar-refractivity contribution in [3.8, 4) is 0 Å². The minimum atomic E-state index is -1.99. The predicted octanol–water partition coefficient (Wildman–Crippen LogP) is -6.03. The molecule has 2 aliphatic rings. The molecule has 0 aromatic carbocycles. The zero-order valence-electron chi connectivity index (χ0n) is 12.0. The first-order valence-corrected chi connectivity index (χ1v) is 7.06. The summed E-state index contributed by atoms with van der Waals surface area (Å²) in [7, 11) is 0. The van der Waals surface area contributed by atoms with Crippen LogP contribution in [0.15, 0.2) is 0 Å². The molecule has 2 fully saturated rings. The lowest BCUT2D eigenvalue weighted by molar-refractivity contribution is -0.535. The van der Waals surface area contributed by atoms with E-state index in [0.717, 1.165) is 0 Å². The number of rotatable bonds is 4. The topological polar surface area (TPSA) is 192 Å². The fourth-order valence-electron chi connectivity index (χ4n) is 2.56. The third-order valence-electron chi connectivity index (χ3n) is 3.96. The van der Waals surface area contributed by atoms with Crippen LogP contribution in [0.5, 0.6) is 0 Å². The second kappa shape index (κ2) is 7.63. The molecule has 0 spiro atoms.